The molecule has 2 N–H and O–H groups in total. The van der Waals surface area contributed by atoms with Crippen LogP contribution in [0, 0.1) is 12.7 Å². The number of aromatic nitrogens is 5. The fourth-order valence-corrected chi connectivity index (χ4v) is 4.62. The summed E-state index contributed by atoms with van der Waals surface area (Å²) in [5.74, 6) is 1.33. The third kappa shape index (κ3) is 4.21. The van der Waals surface area contributed by atoms with Crippen LogP contribution in [0.5, 0.6) is 11.5 Å². The molecule has 6 rings (SSSR count). The van der Waals surface area contributed by atoms with Crippen LogP contribution in [-0.4, -0.2) is 74.3 Å². The van der Waals surface area contributed by atoms with Gasteiger partial charge in [0.1, 0.15) is 17.9 Å². The predicted molar refractivity (Wildman–Crippen MR) is 133 cm³/mol. The van der Waals surface area contributed by atoms with Crippen LogP contribution in [0.15, 0.2) is 30.7 Å². The molecule has 0 unspecified atom stereocenters. The molecule has 38 heavy (non-hydrogen) atoms. The molecule has 0 spiro atoms. The number of nitrogens with one attached hydrogen (secondary N) is 1. The summed E-state index contributed by atoms with van der Waals surface area (Å²) in [7, 11) is 3.30. The zero-order chi connectivity index (χ0) is 27.0. The average molecular weight is 522 g/mol. The third-order valence-corrected chi connectivity index (χ3v) is 6.39. The summed E-state index contributed by atoms with van der Waals surface area (Å²) in [5, 5.41) is 18.6. The van der Waals surface area contributed by atoms with Crippen LogP contribution in [0.3, 0.4) is 0 Å². The van der Waals surface area contributed by atoms with Crippen LogP contribution in [-0.2, 0) is 11.3 Å². The highest BCUT2D eigenvalue weighted by molar-refractivity contribution is 5.91. The zero-order valence-corrected chi connectivity index (χ0v) is 20.8. The maximum absolute atomic E-state index is 14.8. The van der Waals surface area contributed by atoms with Gasteiger partial charge in [-0.3, -0.25) is 14.0 Å². The summed E-state index contributed by atoms with van der Waals surface area (Å²) in [6, 6.07) is 4.96. The molecule has 2 aliphatic heterocycles. The molecule has 0 aliphatic carbocycles. The van der Waals surface area contributed by atoms with E-state index in [1.54, 1.807) is 37.1 Å². The van der Waals surface area contributed by atoms with Gasteiger partial charge in [-0.2, -0.15) is 0 Å². The summed E-state index contributed by atoms with van der Waals surface area (Å²) in [6.45, 7) is 2.56. The molecule has 4 aromatic rings. The van der Waals surface area contributed by atoms with Gasteiger partial charge in [0, 0.05) is 54.8 Å². The Labute approximate surface area is 216 Å². The smallest absolute Gasteiger partial charge is 0.291 e. The fourth-order valence-electron chi connectivity index (χ4n) is 4.62. The Bertz CT molecular complexity index is 1560. The number of hydrogen-bond donors (Lipinski definition) is 2. The van der Waals surface area contributed by atoms with Crippen LogP contribution in [0.25, 0.3) is 16.8 Å². The Morgan fingerprint density at radius 3 is 2.68 bits per heavy atom. The molecule has 12 nitrogen and oxygen atoms in total. The first-order valence-electron chi connectivity index (χ1n) is 11.6. The number of anilines is 1. The van der Waals surface area contributed by atoms with E-state index in [1.807, 2.05) is 13.0 Å². The molecule has 196 valence electrons. The minimum atomic E-state index is -0.285. The molecule has 0 saturated heterocycles. The van der Waals surface area contributed by atoms with E-state index in [4.69, 9.17) is 19.4 Å². The predicted octanol–water partition coefficient (Wildman–Crippen LogP) is 2.52. The van der Waals surface area contributed by atoms with Gasteiger partial charge in [-0.15, -0.1) is 10.2 Å². The van der Waals surface area contributed by atoms with Crippen molar-refractivity contribution in [2.45, 2.75) is 19.4 Å². The van der Waals surface area contributed by atoms with Crippen molar-refractivity contribution in [3.63, 3.8) is 0 Å². The Morgan fingerprint density at radius 1 is 1.24 bits per heavy atom. The van der Waals surface area contributed by atoms with Gasteiger partial charge in [-0.25, -0.2) is 14.4 Å². The van der Waals surface area contributed by atoms with Crippen molar-refractivity contribution >= 4 is 23.8 Å². The Morgan fingerprint density at radius 2 is 1.97 bits per heavy atom. The van der Waals surface area contributed by atoms with Gasteiger partial charge in [0.2, 0.25) is 5.82 Å². The van der Waals surface area contributed by atoms with E-state index in [0.29, 0.717) is 58.6 Å². The van der Waals surface area contributed by atoms with Gasteiger partial charge in [0.25, 0.3) is 12.4 Å². The molecule has 1 atom stereocenters. The van der Waals surface area contributed by atoms with Gasteiger partial charge in [-0.1, -0.05) is 0 Å². The summed E-state index contributed by atoms with van der Waals surface area (Å²) in [4.78, 5) is 30.8. The Hall–Kier alpha value is -4.81. The molecule has 5 heterocycles. The Kier molecular flexibility index (Phi) is 6.49. The van der Waals surface area contributed by atoms with E-state index in [-0.39, 0.29) is 36.5 Å². The number of hydrogen-bond acceptors (Lipinski definition) is 9. The van der Waals surface area contributed by atoms with Gasteiger partial charge in [0.15, 0.2) is 17.2 Å². The fraction of sp³-hybridized carbons (Fsp3) is 0.280. The molecular weight excluding hydrogens is 497 g/mol. The summed E-state index contributed by atoms with van der Waals surface area (Å²) < 4.78 is 28.6. The summed E-state index contributed by atoms with van der Waals surface area (Å²) in [6.07, 6.45) is 3.19. The van der Waals surface area contributed by atoms with Gasteiger partial charge in [-0.05, 0) is 25.1 Å². The highest BCUT2D eigenvalue weighted by Crippen LogP contribution is 2.42. The molecule has 3 aromatic heterocycles. The molecule has 1 aromatic carbocycles. The van der Waals surface area contributed by atoms with E-state index in [2.05, 4.69) is 25.5 Å². The number of halogens is 1. The first-order valence-corrected chi connectivity index (χ1v) is 11.6. The quantitative estimate of drug-likeness (QED) is 0.378. The molecule has 13 heteroatoms. The van der Waals surface area contributed by atoms with Gasteiger partial charge >= 0.3 is 0 Å². The van der Waals surface area contributed by atoms with E-state index in [9.17, 15) is 9.18 Å². The van der Waals surface area contributed by atoms with Crippen molar-refractivity contribution < 1.29 is 28.6 Å². The first kappa shape index (κ1) is 24.9. The summed E-state index contributed by atoms with van der Waals surface area (Å²) in [5.41, 5.74) is 3.99. The Balaban J connectivity index is 0.000000937. The average Bonchev–Trinajstić information content (AvgIpc) is 3.55. The number of aryl methyl sites for hydroxylation is 1. The van der Waals surface area contributed by atoms with Crippen LogP contribution in [0.1, 0.15) is 33.4 Å². The van der Waals surface area contributed by atoms with Crippen molar-refractivity contribution in [2.24, 2.45) is 0 Å². The van der Waals surface area contributed by atoms with E-state index in [0.717, 1.165) is 5.56 Å². The zero-order valence-electron chi connectivity index (χ0n) is 20.8. The number of rotatable bonds is 2. The monoisotopic (exact) mass is 521 g/mol. The number of ether oxygens (including phenoxy) is 2. The normalized spacial score (nSPS) is 15.2. The van der Waals surface area contributed by atoms with Gasteiger partial charge < -0.3 is 24.8 Å². The number of carbonyl (C=O) groups is 2. The lowest BCUT2D eigenvalue weighted by Crippen LogP contribution is -2.24. The molecule has 0 radical (unpaired) electrons. The molecule has 2 aliphatic rings. The molecule has 0 saturated carbocycles. The van der Waals surface area contributed by atoms with Crippen molar-refractivity contribution in [2.75, 3.05) is 32.6 Å². The highest BCUT2D eigenvalue weighted by Gasteiger charge is 2.32. The molecular formula is C25H24FN7O5. The first-order chi connectivity index (χ1) is 18.3. The van der Waals surface area contributed by atoms with Crippen molar-refractivity contribution in [3.05, 3.63) is 59.2 Å². The topological polar surface area (TPSA) is 144 Å². The minimum absolute atomic E-state index is 0.0927. The maximum Gasteiger partial charge on any atom is 0.291 e. The highest BCUT2D eigenvalue weighted by atomic mass is 19.1. The third-order valence-electron chi connectivity index (χ3n) is 6.39. The lowest BCUT2D eigenvalue weighted by molar-refractivity contribution is -0.122. The number of benzene rings is 1. The van der Waals surface area contributed by atoms with E-state index >= 15 is 0 Å². The number of amides is 1. The molecule has 1 amide bonds. The van der Waals surface area contributed by atoms with Gasteiger partial charge in [0.05, 0.1) is 19.1 Å². The van der Waals surface area contributed by atoms with E-state index in [1.165, 1.54) is 11.0 Å². The minimum Gasteiger partial charge on any atom is -0.493 e. The van der Waals surface area contributed by atoms with Crippen molar-refractivity contribution in [1.82, 2.24) is 29.5 Å². The standard InChI is InChI=1S/C24H22FN7O3.CH2O2/c1-12-15(7-26-21(29-12)24(33)31(2)3)14-6-19-23(32-11-28-30-22(14)32)27-8-16-17(25)4-5-18-20(16)13(9-34-18)10-35-19;2-1-3/h4-7,11,13,27H,8-10H2,1-3H3;1H,(H,2,3)/t13-;/m1./s1. The second-order valence-corrected chi connectivity index (χ2v) is 8.90. The number of nitrogens with zero attached hydrogens (tertiary/aromatic N) is 6. The maximum atomic E-state index is 14.8. The number of carboxylic acid groups (broad SMARTS) is 1. The largest absolute Gasteiger partial charge is 0.493 e. The number of pyridine rings is 1. The van der Waals surface area contributed by atoms with Crippen LogP contribution in [0.4, 0.5) is 10.2 Å². The lowest BCUT2D eigenvalue weighted by Gasteiger charge is -2.17. The van der Waals surface area contributed by atoms with Crippen molar-refractivity contribution in [3.8, 4) is 22.6 Å². The number of carbonyl (C=O) groups excluding carboxylic acids is 1. The molecule has 0 bridgehead atoms. The SMILES string of the molecule is Cc1nc(C(=O)N(C)C)ncc1-c1cc2c(n3cnnc13)NCc1c(F)ccc3c1[C@H](CO3)CO2.O=CO. The van der Waals surface area contributed by atoms with Crippen molar-refractivity contribution in [1.29, 1.82) is 0 Å². The van der Waals surface area contributed by atoms with Crippen LogP contribution >= 0.6 is 0 Å². The van der Waals surface area contributed by atoms with Crippen LogP contribution < -0.4 is 14.8 Å². The second-order valence-electron chi connectivity index (χ2n) is 8.90. The van der Waals surface area contributed by atoms with E-state index < -0.39 is 0 Å². The summed E-state index contributed by atoms with van der Waals surface area (Å²) >= 11 is 0. The second kappa shape index (κ2) is 9.92. The molecule has 0 fully saturated rings. The van der Waals surface area contributed by atoms with Crippen LogP contribution in [0.2, 0.25) is 0 Å². The number of fused-ring (bicyclic) bond motifs is 3. The lowest BCUT2D eigenvalue weighted by atomic mass is 9.96.